The van der Waals surface area contributed by atoms with E-state index in [0.29, 0.717) is 18.9 Å². The van der Waals surface area contributed by atoms with Gasteiger partial charge < -0.3 is 15.3 Å². The maximum Gasteiger partial charge on any atom is 0.317 e. The number of nitrogens with one attached hydrogen (secondary N) is 1. The molecule has 1 atom stereocenters. The van der Waals surface area contributed by atoms with Crippen molar-refractivity contribution in [3.05, 3.63) is 0 Å². The summed E-state index contributed by atoms with van der Waals surface area (Å²) in [4.78, 5) is 23.7. The molecule has 0 aliphatic heterocycles. The molecule has 1 saturated carbocycles. The first-order valence-electron chi connectivity index (χ1n) is 5.76. The van der Waals surface area contributed by atoms with Gasteiger partial charge in [0.25, 0.3) is 0 Å². The Kier molecular flexibility index (Phi) is 4.58. The first-order valence-corrected chi connectivity index (χ1v) is 5.76. The molecular formula is C11H20N2O3. The summed E-state index contributed by atoms with van der Waals surface area (Å²) in [7, 11) is 1.80. The minimum absolute atomic E-state index is 0.0352. The molecule has 0 bridgehead atoms. The normalized spacial score (nSPS) is 16.6. The molecule has 2 amide bonds. The van der Waals surface area contributed by atoms with E-state index < -0.39 is 5.97 Å². The van der Waals surface area contributed by atoms with Crippen LogP contribution in [0.1, 0.15) is 39.0 Å². The third-order valence-electron chi connectivity index (χ3n) is 2.81. The fourth-order valence-corrected chi connectivity index (χ4v) is 1.57. The van der Waals surface area contributed by atoms with Gasteiger partial charge in [-0.1, -0.05) is 0 Å². The van der Waals surface area contributed by atoms with E-state index in [2.05, 4.69) is 5.32 Å². The van der Waals surface area contributed by atoms with Crippen LogP contribution in [-0.2, 0) is 4.79 Å². The first-order chi connectivity index (χ1) is 7.50. The van der Waals surface area contributed by atoms with Crippen LogP contribution in [0.15, 0.2) is 0 Å². The summed E-state index contributed by atoms with van der Waals surface area (Å²) in [6.07, 6.45) is 3.66. The summed E-state index contributed by atoms with van der Waals surface area (Å²) in [5, 5.41) is 11.4. The fourth-order valence-electron chi connectivity index (χ4n) is 1.57. The number of rotatable bonds is 6. The summed E-state index contributed by atoms with van der Waals surface area (Å²) in [6.45, 7) is 1.90. The second-order valence-electron chi connectivity index (χ2n) is 4.48. The highest BCUT2D eigenvalue weighted by Crippen LogP contribution is 2.25. The van der Waals surface area contributed by atoms with Gasteiger partial charge in [0.05, 0.1) is 0 Å². The Balaban J connectivity index is 2.14. The van der Waals surface area contributed by atoms with Crippen LogP contribution in [0.25, 0.3) is 0 Å². The fraction of sp³-hybridized carbons (Fsp3) is 0.818. The summed E-state index contributed by atoms with van der Waals surface area (Å²) in [5.74, 6) is -0.784. The Morgan fingerprint density at radius 2 is 2.12 bits per heavy atom. The summed E-state index contributed by atoms with van der Waals surface area (Å²) < 4.78 is 0. The predicted molar refractivity (Wildman–Crippen MR) is 60.3 cm³/mol. The number of carboxylic acids is 1. The zero-order valence-corrected chi connectivity index (χ0v) is 9.90. The van der Waals surface area contributed by atoms with Crippen LogP contribution in [-0.4, -0.2) is 41.1 Å². The zero-order valence-electron chi connectivity index (χ0n) is 9.90. The SMILES string of the molecule is CC(CCCC(=O)O)NC(=O)N(C)C1CC1. The quantitative estimate of drug-likeness (QED) is 0.722. The molecule has 1 fully saturated rings. The highest BCUT2D eigenvalue weighted by Gasteiger charge is 2.29. The summed E-state index contributed by atoms with van der Waals surface area (Å²) in [5.41, 5.74) is 0. The Labute approximate surface area is 95.8 Å². The van der Waals surface area contributed by atoms with Crippen LogP contribution in [0.5, 0.6) is 0 Å². The third-order valence-corrected chi connectivity index (χ3v) is 2.81. The van der Waals surface area contributed by atoms with E-state index >= 15 is 0 Å². The molecule has 0 saturated heterocycles. The third kappa shape index (κ3) is 4.51. The number of hydrogen-bond donors (Lipinski definition) is 2. The van der Waals surface area contributed by atoms with Crippen molar-refractivity contribution in [2.45, 2.75) is 51.1 Å². The van der Waals surface area contributed by atoms with Crippen LogP contribution in [0.2, 0.25) is 0 Å². The van der Waals surface area contributed by atoms with Gasteiger partial charge in [0.2, 0.25) is 0 Å². The monoisotopic (exact) mass is 228 g/mol. The lowest BCUT2D eigenvalue weighted by Gasteiger charge is -2.20. The topological polar surface area (TPSA) is 69.6 Å². The number of hydrogen-bond acceptors (Lipinski definition) is 2. The van der Waals surface area contributed by atoms with E-state index in [1.165, 1.54) is 0 Å². The number of aliphatic carboxylic acids is 1. The van der Waals surface area contributed by atoms with E-state index in [9.17, 15) is 9.59 Å². The molecule has 16 heavy (non-hydrogen) atoms. The van der Waals surface area contributed by atoms with Crippen molar-refractivity contribution in [3.8, 4) is 0 Å². The largest absolute Gasteiger partial charge is 0.481 e. The second kappa shape index (κ2) is 5.72. The minimum atomic E-state index is -0.784. The number of carbonyl (C=O) groups excluding carboxylic acids is 1. The Morgan fingerprint density at radius 1 is 1.50 bits per heavy atom. The molecule has 1 aliphatic carbocycles. The molecule has 0 aromatic carbocycles. The summed E-state index contributed by atoms with van der Waals surface area (Å²) in [6, 6.07) is 0.393. The molecule has 1 rings (SSSR count). The average Bonchev–Trinajstić information content (AvgIpc) is 2.98. The lowest BCUT2D eigenvalue weighted by Crippen LogP contribution is -2.42. The van der Waals surface area contributed by atoms with Gasteiger partial charge in [-0.15, -0.1) is 0 Å². The number of urea groups is 1. The van der Waals surface area contributed by atoms with Gasteiger partial charge in [0.1, 0.15) is 0 Å². The molecular weight excluding hydrogens is 208 g/mol. The van der Waals surface area contributed by atoms with E-state index in [1.807, 2.05) is 6.92 Å². The van der Waals surface area contributed by atoms with Crippen molar-refractivity contribution in [1.29, 1.82) is 0 Å². The van der Waals surface area contributed by atoms with Gasteiger partial charge in [-0.25, -0.2) is 4.79 Å². The van der Waals surface area contributed by atoms with E-state index in [4.69, 9.17) is 5.11 Å². The lowest BCUT2D eigenvalue weighted by atomic mass is 10.1. The Bertz CT molecular complexity index is 264. The lowest BCUT2D eigenvalue weighted by molar-refractivity contribution is -0.137. The maximum absolute atomic E-state index is 11.6. The minimum Gasteiger partial charge on any atom is -0.481 e. The van der Waals surface area contributed by atoms with Gasteiger partial charge in [0.15, 0.2) is 0 Å². The van der Waals surface area contributed by atoms with Gasteiger partial charge in [0, 0.05) is 25.6 Å². The summed E-state index contributed by atoms with van der Waals surface area (Å²) >= 11 is 0. The van der Waals surface area contributed by atoms with Gasteiger partial charge in [-0.2, -0.15) is 0 Å². The Hall–Kier alpha value is -1.26. The molecule has 2 N–H and O–H groups in total. The van der Waals surface area contributed by atoms with Crippen molar-refractivity contribution in [2.24, 2.45) is 0 Å². The van der Waals surface area contributed by atoms with E-state index in [1.54, 1.807) is 11.9 Å². The average molecular weight is 228 g/mol. The molecule has 1 unspecified atom stereocenters. The van der Waals surface area contributed by atoms with E-state index in [0.717, 1.165) is 12.8 Å². The number of carboxylic acid groups (broad SMARTS) is 1. The van der Waals surface area contributed by atoms with Crippen molar-refractivity contribution in [1.82, 2.24) is 10.2 Å². The van der Waals surface area contributed by atoms with Gasteiger partial charge in [-0.3, -0.25) is 4.79 Å². The van der Waals surface area contributed by atoms with Crippen molar-refractivity contribution < 1.29 is 14.7 Å². The molecule has 92 valence electrons. The molecule has 5 nitrogen and oxygen atoms in total. The van der Waals surface area contributed by atoms with Gasteiger partial charge >= 0.3 is 12.0 Å². The van der Waals surface area contributed by atoms with Crippen molar-refractivity contribution >= 4 is 12.0 Å². The van der Waals surface area contributed by atoms with Crippen molar-refractivity contribution in [2.75, 3.05) is 7.05 Å². The standard InChI is InChI=1S/C11H20N2O3/c1-8(4-3-5-10(14)15)12-11(16)13(2)9-6-7-9/h8-9H,3-7H2,1-2H3,(H,12,16)(H,14,15). The molecule has 0 spiro atoms. The maximum atomic E-state index is 11.6. The number of amides is 2. The van der Waals surface area contributed by atoms with Crippen molar-refractivity contribution in [3.63, 3.8) is 0 Å². The molecule has 0 heterocycles. The number of carbonyl (C=O) groups is 2. The predicted octanol–water partition coefficient (Wildman–Crippen LogP) is 1.43. The molecule has 0 aromatic heterocycles. The Morgan fingerprint density at radius 3 is 2.62 bits per heavy atom. The van der Waals surface area contributed by atoms with Crippen LogP contribution >= 0.6 is 0 Å². The molecule has 0 radical (unpaired) electrons. The van der Waals surface area contributed by atoms with Gasteiger partial charge in [-0.05, 0) is 32.6 Å². The smallest absolute Gasteiger partial charge is 0.317 e. The van der Waals surface area contributed by atoms with Crippen LogP contribution in [0.3, 0.4) is 0 Å². The second-order valence-corrected chi connectivity index (χ2v) is 4.48. The molecule has 1 aliphatic rings. The highest BCUT2D eigenvalue weighted by atomic mass is 16.4. The number of nitrogens with zero attached hydrogens (tertiary/aromatic N) is 1. The van der Waals surface area contributed by atoms with Crippen LogP contribution in [0.4, 0.5) is 4.79 Å². The zero-order chi connectivity index (χ0) is 12.1. The molecule has 5 heteroatoms. The van der Waals surface area contributed by atoms with Crippen LogP contribution in [0, 0.1) is 0 Å². The highest BCUT2D eigenvalue weighted by molar-refractivity contribution is 5.74. The molecule has 0 aromatic rings. The van der Waals surface area contributed by atoms with Crippen LogP contribution < -0.4 is 5.32 Å². The van der Waals surface area contributed by atoms with E-state index in [-0.39, 0.29) is 18.5 Å². The first kappa shape index (κ1) is 12.8.